The van der Waals surface area contributed by atoms with Crippen LogP contribution in [0.4, 0.5) is 4.79 Å². The number of amides is 1. The molecular weight excluding hydrogens is 328 g/mol. The normalized spacial score (nSPS) is 16.2. The first-order valence-corrected chi connectivity index (χ1v) is 7.81. The third-order valence-electron chi connectivity index (χ3n) is 2.67. The number of thiazole rings is 1. The van der Waals surface area contributed by atoms with Gasteiger partial charge < -0.3 is 9.64 Å². The third kappa shape index (κ3) is 4.04. The summed E-state index contributed by atoms with van der Waals surface area (Å²) in [4.78, 5) is 18.0. The van der Waals surface area contributed by atoms with Crippen molar-refractivity contribution in [2.75, 3.05) is 13.1 Å². The van der Waals surface area contributed by atoms with Crippen LogP contribution in [0.15, 0.2) is 15.4 Å². The Kier molecular flexibility index (Phi) is 4.30. The number of hydrogen-bond donors (Lipinski definition) is 0. The molecule has 4 nitrogen and oxygen atoms in total. The largest absolute Gasteiger partial charge is 0.444 e. The molecule has 0 spiro atoms. The van der Waals surface area contributed by atoms with Gasteiger partial charge in [0.1, 0.15) is 5.60 Å². The van der Waals surface area contributed by atoms with Crippen molar-refractivity contribution in [1.82, 2.24) is 9.88 Å². The fraction of sp³-hybridized carbons (Fsp3) is 0.538. The van der Waals surface area contributed by atoms with Gasteiger partial charge in [0.05, 0.1) is 5.69 Å². The maximum Gasteiger partial charge on any atom is 0.410 e. The van der Waals surface area contributed by atoms with Gasteiger partial charge in [0.15, 0.2) is 3.92 Å². The van der Waals surface area contributed by atoms with Crippen LogP contribution < -0.4 is 0 Å². The summed E-state index contributed by atoms with van der Waals surface area (Å²) >= 11 is 4.94. The van der Waals surface area contributed by atoms with Crippen LogP contribution >= 0.6 is 27.3 Å². The Balaban J connectivity index is 1.98. The van der Waals surface area contributed by atoms with Crippen LogP contribution in [0, 0.1) is 0 Å². The molecule has 0 saturated carbocycles. The number of carbonyl (C=O) groups excluding carboxylic acids is 1. The summed E-state index contributed by atoms with van der Waals surface area (Å²) in [6.45, 7) is 6.89. The van der Waals surface area contributed by atoms with Gasteiger partial charge in [-0.3, -0.25) is 0 Å². The first-order valence-electron chi connectivity index (χ1n) is 6.13. The van der Waals surface area contributed by atoms with Gasteiger partial charge in [0, 0.05) is 18.5 Å². The van der Waals surface area contributed by atoms with Crippen molar-refractivity contribution in [3.63, 3.8) is 0 Å². The zero-order valence-corrected chi connectivity index (χ0v) is 13.7. The van der Waals surface area contributed by atoms with Gasteiger partial charge in [0.25, 0.3) is 0 Å². The van der Waals surface area contributed by atoms with Crippen LogP contribution in [0.1, 0.15) is 32.9 Å². The van der Waals surface area contributed by atoms with E-state index in [0.717, 1.165) is 16.0 Å². The number of aromatic nitrogens is 1. The topological polar surface area (TPSA) is 42.4 Å². The van der Waals surface area contributed by atoms with Gasteiger partial charge in [-0.1, -0.05) is 6.08 Å². The summed E-state index contributed by atoms with van der Waals surface area (Å²) in [7, 11) is 0. The second-order valence-corrected chi connectivity index (χ2v) is 7.53. The molecule has 0 atom stereocenters. The molecule has 1 amide bonds. The molecule has 1 aliphatic rings. The fourth-order valence-corrected chi connectivity index (χ4v) is 2.83. The lowest BCUT2D eigenvalue weighted by atomic mass is 10.1. The van der Waals surface area contributed by atoms with Crippen molar-refractivity contribution < 1.29 is 9.53 Å². The maximum atomic E-state index is 11.9. The Morgan fingerprint density at radius 2 is 2.26 bits per heavy atom. The van der Waals surface area contributed by atoms with E-state index in [-0.39, 0.29) is 6.09 Å². The molecule has 1 aliphatic heterocycles. The van der Waals surface area contributed by atoms with E-state index in [2.05, 4.69) is 27.0 Å². The predicted octanol–water partition coefficient (Wildman–Crippen LogP) is 3.93. The van der Waals surface area contributed by atoms with Crippen molar-refractivity contribution in [2.45, 2.75) is 32.8 Å². The molecule has 0 fully saturated rings. The molecule has 1 aromatic heterocycles. The average Bonchev–Trinajstić information content (AvgIpc) is 2.74. The van der Waals surface area contributed by atoms with E-state index >= 15 is 0 Å². The van der Waals surface area contributed by atoms with Crippen LogP contribution in [-0.2, 0) is 4.74 Å². The van der Waals surface area contributed by atoms with Gasteiger partial charge in [-0.05, 0) is 48.7 Å². The van der Waals surface area contributed by atoms with E-state index in [4.69, 9.17) is 4.74 Å². The van der Waals surface area contributed by atoms with Crippen LogP contribution in [0.2, 0.25) is 0 Å². The summed E-state index contributed by atoms with van der Waals surface area (Å²) in [5, 5.41) is 2.03. The number of carbonyl (C=O) groups is 1. The van der Waals surface area contributed by atoms with E-state index in [1.807, 2.05) is 26.2 Å². The van der Waals surface area contributed by atoms with Crippen LogP contribution in [-0.4, -0.2) is 34.7 Å². The molecule has 0 N–H and O–H groups in total. The molecule has 0 aliphatic carbocycles. The van der Waals surface area contributed by atoms with Gasteiger partial charge in [0.2, 0.25) is 0 Å². The second-order valence-electron chi connectivity index (χ2n) is 5.39. The Hall–Kier alpha value is -0.880. The number of hydrogen-bond acceptors (Lipinski definition) is 4. The smallest absolute Gasteiger partial charge is 0.410 e. The maximum absolute atomic E-state index is 11.9. The van der Waals surface area contributed by atoms with E-state index in [1.54, 1.807) is 16.2 Å². The number of ether oxygens (including phenoxy) is 1. The van der Waals surface area contributed by atoms with Crippen molar-refractivity contribution in [2.24, 2.45) is 0 Å². The Labute approximate surface area is 125 Å². The highest BCUT2D eigenvalue weighted by atomic mass is 79.9. The molecule has 6 heteroatoms. The van der Waals surface area contributed by atoms with Gasteiger partial charge in [-0.15, -0.1) is 11.3 Å². The quantitative estimate of drug-likeness (QED) is 0.775. The van der Waals surface area contributed by atoms with E-state index in [0.29, 0.717) is 13.1 Å². The standard InChI is InChI=1S/C13H17BrN2O2S/c1-13(2,3)18-12(17)16-6-4-9(5-7-16)10-8-19-11(14)15-10/h4,8H,5-7H2,1-3H3. The van der Waals surface area contributed by atoms with Gasteiger partial charge >= 0.3 is 6.09 Å². The van der Waals surface area contributed by atoms with Crippen LogP contribution in [0.3, 0.4) is 0 Å². The van der Waals surface area contributed by atoms with E-state index in [9.17, 15) is 4.79 Å². The summed E-state index contributed by atoms with van der Waals surface area (Å²) in [5.74, 6) is 0. The zero-order chi connectivity index (χ0) is 14.0. The van der Waals surface area contributed by atoms with Crippen molar-refractivity contribution in [3.05, 3.63) is 21.1 Å². The molecule has 1 aromatic rings. The van der Waals surface area contributed by atoms with E-state index in [1.165, 1.54) is 5.57 Å². The first kappa shape index (κ1) is 14.5. The molecule has 0 radical (unpaired) electrons. The Bertz CT molecular complexity index is 505. The predicted molar refractivity (Wildman–Crippen MR) is 80.2 cm³/mol. The minimum atomic E-state index is -0.444. The lowest BCUT2D eigenvalue weighted by Gasteiger charge is -2.29. The molecule has 0 bridgehead atoms. The highest BCUT2D eigenvalue weighted by Gasteiger charge is 2.24. The molecule has 0 saturated heterocycles. The van der Waals surface area contributed by atoms with Crippen molar-refractivity contribution in [1.29, 1.82) is 0 Å². The molecular formula is C13H17BrN2O2S. The molecule has 2 rings (SSSR count). The van der Waals surface area contributed by atoms with E-state index < -0.39 is 5.60 Å². The Morgan fingerprint density at radius 3 is 2.74 bits per heavy atom. The lowest BCUT2D eigenvalue weighted by molar-refractivity contribution is 0.0270. The zero-order valence-electron chi connectivity index (χ0n) is 11.3. The molecule has 0 unspecified atom stereocenters. The number of rotatable bonds is 1. The SMILES string of the molecule is CC(C)(C)OC(=O)N1CC=C(c2csc(Br)n2)CC1. The monoisotopic (exact) mass is 344 g/mol. The number of halogens is 1. The molecule has 104 valence electrons. The van der Waals surface area contributed by atoms with Crippen molar-refractivity contribution in [3.8, 4) is 0 Å². The fourth-order valence-electron chi connectivity index (χ4n) is 1.79. The summed E-state index contributed by atoms with van der Waals surface area (Å²) in [6, 6.07) is 0. The minimum absolute atomic E-state index is 0.248. The van der Waals surface area contributed by atoms with Gasteiger partial charge in [-0.2, -0.15) is 0 Å². The lowest BCUT2D eigenvalue weighted by Crippen LogP contribution is -2.39. The first-order chi connectivity index (χ1) is 8.85. The summed E-state index contributed by atoms with van der Waals surface area (Å²) in [6.07, 6.45) is 2.62. The van der Waals surface area contributed by atoms with Crippen molar-refractivity contribution >= 4 is 38.9 Å². The summed E-state index contributed by atoms with van der Waals surface area (Å²) < 4.78 is 6.25. The Morgan fingerprint density at radius 1 is 1.53 bits per heavy atom. The number of nitrogens with zero attached hydrogens (tertiary/aromatic N) is 2. The highest BCUT2D eigenvalue weighted by molar-refractivity contribution is 9.11. The average molecular weight is 345 g/mol. The summed E-state index contributed by atoms with van der Waals surface area (Å²) in [5.41, 5.74) is 1.75. The molecule has 2 heterocycles. The minimum Gasteiger partial charge on any atom is -0.444 e. The van der Waals surface area contributed by atoms with Crippen LogP contribution in [0.25, 0.3) is 5.57 Å². The van der Waals surface area contributed by atoms with Crippen LogP contribution in [0.5, 0.6) is 0 Å². The second kappa shape index (κ2) is 5.63. The molecule has 0 aromatic carbocycles. The molecule has 19 heavy (non-hydrogen) atoms. The van der Waals surface area contributed by atoms with Gasteiger partial charge in [-0.25, -0.2) is 9.78 Å². The highest BCUT2D eigenvalue weighted by Crippen LogP contribution is 2.26. The third-order valence-corrected chi connectivity index (χ3v) is 4.03.